The first-order chi connectivity index (χ1) is 11.3. The van der Waals surface area contributed by atoms with Crippen molar-refractivity contribution in [3.63, 3.8) is 0 Å². The van der Waals surface area contributed by atoms with Crippen LogP contribution in [0.2, 0.25) is 0 Å². The van der Waals surface area contributed by atoms with Crippen LogP contribution in [0.4, 0.5) is 13.2 Å². The maximum atomic E-state index is 12.5. The molecular weight excluding hydrogens is 319 g/mol. The lowest BCUT2D eigenvalue weighted by Crippen LogP contribution is -2.25. The summed E-state index contributed by atoms with van der Waals surface area (Å²) >= 11 is 0. The fourth-order valence-electron chi connectivity index (χ4n) is 2.27. The van der Waals surface area contributed by atoms with Gasteiger partial charge in [-0.2, -0.15) is 13.2 Å². The average Bonchev–Trinajstić information content (AvgIpc) is 2.50. The Bertz CT molecular complexity index is 832. The maximum Gasteiger partial charge on any atom is 0.481 e. The van der Waals surface area contributed by atoms with Crippen molar-refractivity contribution in [3.8, 4) is 0 Å². The number of benzene rings is 1. The smallest absolute Gasteiger partial charge is 0.464 e. The number of halogens is 3. The fraction of sp³-hybridized carbons (Fsp3) is 0.278. The topological polar surface area (TPSA) is 42.2 Å². The number of alkyl halides is 3. The molecule has 0 atom stereocenters. The van der Waals surface area contributed by atoms with Crippen molar-refractivity contribution in [2.24, 2.45) is 0 Å². The molecule has 0 radical (unpaired) electrons. The van der Waals surface area contributed by atoms with Crippen LogP contribution in [0.25, 0.3) is 11.0 Å². The fourth-order valence-corrected chi connectivity index (χ4v) is 2.27. The Labute approximate surface area is 137 Å². The Morgan fingerprint density at radius 3 is 2.62 bits per heavy atom. The van der Waals surface area contributed by atoms with E-state index in [1.807, 2.05) is 19.9 Å². The second kappa shape index (κ2) is 7.38. The van der Waals surface area contributed by atoms with Crippen LogP contribution in [-0.4, -0.2) is 6.30 Å². The number of nitrogens with one attached hydrogen (secondary N) is 1. The SMILES string of the molecule is Cc1ccc2occ(C/C=C\C/C=C\NC(F)(F)F)c(=O)c2c1C. The molecule has 1 N–H and O–H groups in total. The summed E-state index contributed by atoms with van der Waals surface area (Å²) in [6, 6.07) is 3.68. The predicted molar refractivity (Wildman–Crippen MR) is 87.7 cm³/mol. The Balaban J connectivity index is 2.06. The number of allylic oxidation sites excluding steroid dienone is 3. The number of fused-ring (bicyclic) bond motifs is 1. The first-order valence-electron chi connectivity index (χ1n) is 7.44. The van der Waals surface area contributed by atoms with Gasteiger partial charge in [0.2, 0.25) is 0 Å². The van der Waals surface area contributed by atoms with Crippen molar-refractivity contribution >= 4 is 11.0 Å². The summed E-state index contributed by atoms with van der Waals surface area (Å²) in [4.78, 5) is 12.5. The van der Waals surface area contributed by atoms with Gasteiger partial charge in [-0.1, -0.05) is 24.3 Å². The average molecular weight is 337 g/mol. The van der Waals surface area contributed by atoms with E-state index in [2.05, 4.69) is 0 Å². The zero-order valence-electron chi connectivity index (χ0n) is 13.4. The minimum absolute atomic E-state index is 0.0728. The van der Waals surface area contributed by atoms with Crippen molar-refractivity contribution in [2.75, 3.05) is 0 Å². The highest BCUT2D eigenvalue weighted by Crippen LogP contribution is 2.19. The van der Waals surface area contributed by atoms with Crippen molar-refractivity contribution in [3.05, 3.63) is 69.7 Å². The van der Waals surface area contributed by atoms with Crippen LogP contribution in [0.5, 0.6) is 0 Å². The number of hydrogen-bond donors (Lipinski definition) is 1. The zero-order chi connectivity index (χ0) is 17.7. The lowest BCUT2D eigenvalue weighted by molar-refractivity contribution is -0.146. The third-order valence-electron chi connectivity index (χ3n) is 3.69. The molecule has 1 heterocycles. The Morgan fingerprint density at radius 1 is 1.17 bits per heavy atom. The number of hydrogen-bond acceptors (Lipinski definition) is 3. The van der Waals surface area contributed by atoms with Gasteiger partial charge in [0.25, 0.3) is 0 Å². The molecule has 3 nitrogen and oxygen atoms in total. The van der Waals surface area contributed by atoms with Gasteiger partial charge in [-0.3, -0.25) is 4.79 Å². The van der Waals surface area contributed by atoms with Crippen LogP contribution < -0.4 is 10.7 Å². The summed E-state index contributed by atoms with van der Waals surface area (Å²) in [6.07, 6.45) is 3.35. The minimum Gasteiger partial charge on any atom is -0.464 e. The van der Waals surface area contributed by atoms with Gasteiger partial charge in [0.15, 0.2) is 5.43 Å². The summed E-state index contributed by atoms with van der Waals surface area (Å²) in [6.45, 7) is 3.81. The first-order valence-corrected chi connectivity index (χ1v) is 7.44. The van der Waals surface area contributed by atoms with E-state index in [1.54, 1.807) is 18.2 Å². The summed E-state index contributed by atoms with van der Waals surface area (Å²) < 4.78 is 41.1. The summed E-state index contributed by atoms with van der Waals surface area (Å²) in [7, 11) is 0. The molecule has 2 rings (SSSR count). The van der Waals surface area contributed by atoms with Gasteiger partial charge in [-0.05, 0) is 43.9 Å². The number of rotatable bonds is 5. The van der Waals surface area contributed by atoms with Crippen molar-refractivity contribution < 1.29 is 17.6 Å². The highest BCUT2D eigenvalue weighted by atomic mass is 19.4. The third-order valence-corrected chi connectivity index (χ3v) is 3.69. The van der Waals surface area contributed by atoms with Crippen molar-refractivity contribution in [1.29, 1.82) is 0 Å². The van der Waals surface area contributed by atoms with E-state index in [1.165, 1.54) is 17.7 Å². The van der Waals surface area contributed by atoms with E-state index >= 15 is 0 Å². The highest BCUT2D eigenvalue weighted by molar-refractivity contribution is 5.81. The van der Waals surface area contributed by atoms with E-state index in [0.717, 1.165) is 17.3 Å². The monoisotopic (exact) mass is 337 g/mol. The standard InChI is InChI=1S/C18H18F3NO2/c1-12-8-9-15-16(13(12)2)17(23)14(11-24-15)7-5-3-4-6-10-22-18(19,20)21/h3,5-6,8-11,22H,4,7H2,1-2H3/b5-3-,10-6-. The van der Waals surface area contributed by atoms with Gasteiger partial charge < -0.3 is 9.73 Å². The molecule has 0 unspecified atom stereocenters. The van der Waals surface area contributed by atoms with Gasteiger partial charge in [-0.25, -0.2) is 0 Å². The molecule has 1 aromatic carbocycles. The molecule has 0 saturated carbocycles. The molecule has 0 aliphatic carbocycles. The lowest BCUT2D eigenvalue weighted by atomic mass is 10.0. The molecule has 6 heteroatoms. The second-order valence-corrected chi connectivity index (χ2v) is 5.43. The summed E-state index contributed by atoms with van der Waals surface area (Å²) in [5, 5.41) is 1.87. The Kier molecular flexibility index (Phi) is 5.49. The molecule has 1 aromatic heterocycles. The van der Waals surface area contributed by atoms with Crippen LogP contribution >= 0.6 is 0 Å². The lowest BCUT2D eigenvalue weighted by Gasteiger charge is -2.05. The normalized spacial score (nSPS) is 12.5. The molecular formula is C18H18F3NO2. The molecule has 0 saturated heterocycles. The van der Waals surface area contributed by atoms with E-state index in [0.29, 0.717) is 29.4 Å². The highest BCUT2D eigenvalue weighted by Gasteiger charge is 2.24. The Morgan fingerprint density at radius 2 is 1.92 bits per heavy atom. The van der Waals surface area contributed by atoms with E-state index in [9.17, 15) is 18.0 Å². The predicted octanol–water partition coefficient (Wildman–Crippen LogP) is 4.52. The van der Waals surface area contributed by atoms with Crippen LogP contribution in [0, 0.1) is 13.8 Å². The molecule has 0 fully saturated rings. The number of aryl methyl sites for hydroxylation is 2. The van der Waals surface area contributed by atoms with Gasteiger partial charge in [0.1, 0.15) is 5.58 Å². The Hall–Kier alpha value is -2.50. The molecule has 128 valence electrons. The van der Waals surface area contributed by atoms with Crippen LogP contribution in [0.3, 0.4) is 0 Å². The van der Waals surface area contributed by atoms with Crippen molar-refractivity contribution in [2.45, 2.75) is 33.0 Å². The minimum atomic E-state index is -4.42. The van der Waals surface area contributed by atoms with Gasteiger partial charge in [0.05, 0.1) is 11.6 Å². The van der Waals surface area contributed by atoms with Crippen LogP contribution in [-0.2, 0) is 6.42 Å². The molecule has 0 amide bonds. The van der Waals surface area contributed by atoms with Crippen LogP contribution in [0.15, 0.2) is 52.0 Å². The molecule has 0 aliphatic heterocycles. The van der Waals surface area contributed by atoms with Gasteiger partial charge in [0, 0.05) is 11.8 Å². The molecule has 0 aliphatic rings. The molecule has 24 heavy (non-hydrogen) atoms. The van der Waals surface area contributed by atoms with E-state index in [-0.39, 0.29) is 5.43 Å². The largest absolute Gasteiger partial charge is 0.481 e. The molecule has 0 spiro atoms. The first kappa shape index (κ1) is 17.8. The third kappa shape index (κ3) is 4.50. The van der Waals surface area contributed by atoms with E-state index < -0.39 is 6.30 Å². The summed E-state index contributed by atoms with van der Waals surface area (Å²) in [5.74, 6) is 0. The second-order valence-electron chi connectivity index (χ2n) is 5.43. The zero-order valence-corrected chi connectivity index (χ0v) is 13.4. The molecule has 0 bridgehead atoms. The van der Waals surface area contributed by atoms with Gasteiger partial charge in [-0.15, -0.1) is 0 Å². The maximum absolute atomic E-state index is 12.5. The molecule has 2 aromatic rings. The van der Waals surface area contributed by atoms with Crippen LogP contribution in [0.1, 0.15) is 23.1 Å². The quantitative estimate of drug-likeness (QED) is 0.644. The van der Waals surface area contributed by atoms with Gasteiger partial charge >= 0.3 is 6.30 Å². The van der Waals surface area contributed by atoms with E-state index in [4.69, 9.17) is 4.42 Å². The van der Waals surface area contributed by atoms with Crippen molar-refractivity contribution in [1.82, 2.24) is 5.32 Å². The summed E-state index contributed by atoms with van der Waals surface area (Å²) in [5.41, 5.74) is 2.91.